The fourth-order valence-corrected chi connectivity index (χ4v) is 2.14. The van der Waals surface area contributed by atoms with E-state index in [2.05, 4.69) is 10.6 Å². The summed E-state index contributed by atoms with van der Waals surface area (Å²) in [5.74, 6) is -0.342. The smallest absolute Gasteiger partial charge is 0.257 e. The predicted octanol–water partition coefficient (Wildman–Crippen LogP) is 3.41. The van der Waals surface area contributed by atoms with Crippen LogP contribution in [0.3, 0.4) is 0 Å². The summed E-state index contributed by atoms with van der Waals surface area (Å²) in [4.78, 5) is 12.3. The van der Waals surface area contributed by atoms with Gasteiger partial charge in [-0.25, -0.2) is 0 Å². The summed E-state index contributed by atoms with van der Waals surface area (Å²) in [5.41, 5.74) is 1.96. The second kappa shape index (κ2) is 7.11. The first kappa shape index (κ1) is 15.4. The Hall–Kier alpha value is -2.04. The number of hydrogen-bond donors (Lipinski definition) is 3. The lowest BCUT2D eigenvalue weighted by atomic mass is 10.1. The van der Waals surface area contributed by atoms with Crippen LogP contribution in [0.5, 0.6) is 5.75 Å². The van der Waals surface area contributed by atoms with Gasteiger partial charge in [0.2, 0.25) is 0 Å². The van der Waals surface area contributed by atoms with E-state index < -0.39 is 0 Å². The summed E-state index contributed by atoms with van der Waals surface area (Å²) in [5, 5.41) is 15.8. The average molecular weight is 305 g/mol. The minimum atomic E-state index is -0.347. The van der Waals surface area contributed by atoms with Gasteiger partial charge in [0.25, 0.3) is 5.91 Å². The van der Waals surface area contributed by atoms with E-state index in [0.29, 0.717) is 11.6 Å². The van der Waals surface area contributed by atoms with Crippen molar-refractivity contribution in [2.75, 3.05) is 11.9 Å². The maximum absolute atomic E-state index is 12.3. The van der Waals surface area contributed by atoms with Gasteiger partial charge in [-0.3, -0.25) is 4.79 Å². The van der Waals surface area contributed by atoms with Gasteiger partial charge in [0.1, 0.15) is 5.75 Å². The third-order valence-corrected chi connectivity index (χ3v) is 3.36. The minimum absolute atomic E-state index is 0.00508. The van der Waals surface area contributed by atoms with Crippen molar-refractivity contribution in [3.63, 3.8) is 0 Å². The van der Waals surface area contributed by atoms with Gasteiger partial charge in [0.05, 0.1) is 10.6 Å². The monoisotopic (exact) mass is 304 g/mol. The molecule has 2 rings (SSSR count). The van der Waals surface area contributed by atoms with Gasteiger partial charge in [-0.05, 0) is 36.4 Å². The molecular formula is C16H17ClN2O2. The fraction of sp³-hybridized carbons (Fsp3) is 0.188. The van der Waals surface area contributed by atoms with E-state index in [1.807, 2.05) is 31.2 Å². The van der Waals surface area contributed by atoms with Gasteiger partial charge in [-0.2, -0.15) is 0 Å². The quantitative estimate of drug-likeness (QED) is 0.793. The Bertz CT molecular complexity index is 644. The number of amides is 1. The maximum Gasteiger partial charge on any atom is 0.257 e. The van der Waals surface area contributed by atoms with E-state index >= 15 is 0 Å². The van der Waals surface area contributed by atoms with Crippen LogP contribution in [0.4, 0.5) is 5.69 Å². The van der Waals surface area contributed by atoms with Crippen LogP contribution in [0.1, 0.15) is 22.8 Å². The molecule has 0 spiro atoms. The summed E-state index contributed by atoms with van der Waals surface area (Å²) in [6.07, 6.45) is 0. The fourth-order valence-electron chi connectivity index (χ4n) is 1.93. The Balaban J connectivity index is 2.21. The SMILES string of the molecule is CCNCc1ccccc1NC(=O)c1cc(O)ccc1Cl. The largest absolute Gasteiger partial charge is 0.508 e. The molecule has 2 aromatic rings. The lowest BCUT2D eigenvalue weighted by Gasteiger charge is -2.12. The Kier molecular flexibility index (Phi) is 5.20. The third kappa shape index (κ3) is 3.97. The van der Waals surface area contributed by atoms with Crippen LogP contribution in [-0.4, -0.2) is 17.6 Å². The highest BCUT2D eigenvalue weighted by atomic mass is 35.5. The second-order valence-electron chi connectivity index (χ2n) is 4.56. The molecule has 0 fully saturated rings. The zero-order valence-electron chi connectivity index (χ0n) is 11.7. The third-order valence-electron chi connectivity index (χ3n) is 3.03. The molecule has 21 heavy (non-hydrogen) atoms. The van der Waals surface area contributed by atoms with Crippen molar-refractivity contribution in [3.05, 3.63) is 58.6 Å². The predicted molar refractivity (Wildman–Crippen MR) is 84.9 cm³/mol. The summed E-state index contributed by atoms with van der Waals surface area (Å²) in [6, 6.07) is 11.8. The molecule has 0 aliphatic rings. The molecule has 0 bridgehead atoms. The number of benzene rings is 2. The number of halogens is 1. The van der Waals surface area contributed by atoms with Crippen molar-refractivity contribution in [1.29, 1.82) is 0 Å². The molecule has 0 saturated carbocycles. The van der Waals surface area contributed by atoms with Gasteiger partial charge >= 0.3 is 0 Å². The number of para-hydroxylation sites is 1. The number of carbonyl (C=O) groups excluding carboxylic acids is 1. The Morgan fingerprint density at radius 1 is 1.24 bits per heavy atom. The first-order valence-electron chi connectivity index (χ1n) is 6.70. The number of aromatic hydroxyl groups is 1. The van der Waals surface area contributed by atoms with Crippen molar-refractivity contribution in [1.82, 2.24) is 5.32 Å². The highest BCUT2D eigenvalue weighted by Crippen LogP contribution is 2.23. The number of phenols is 1. The molecule has 0 aliphatic heterocycles. The molecule has 0 aliphatic carbocycles. The van der Waals surface area contributed by atoms with E-state index in [9.17, 15) is 9.90 Å². The van der Waals surface area contributed by atoms with Gasteiger partial charge in [0.15, 0.2) is 0 Å². The minimum Gasteiger partial charge on any atom is -0.508 e. The van der Waals surface area contributed by atoms with Crippen LogP contribution in [-0.2, 0) is 6.54 Å². The van der Waals surface area contributed by atoms with E-state index in [-0.39, 0.29) is 17.2 Å². The van der Waals surface area contributed by atoms with Crippen molar-refractivity contribution in [2.24, 2.45) is 0 Å². The average Bonchev–Trinajstić information content (AvgIpc) is 2.48. The summed E-state index contributed by atoms with van der Waals surface area (Å²) < 4.78 is 0. The Morgan fingerprint density at radius 2 is 2.00 bits per heavy atom. The highest BCUT2D eigenvalue weighted by Gasteiger charge is 2.13. The first-order chi connectivity index (χ1) is 10.1. The molecule has 110 valence electrons. The Labute approximate surface area is 128 Å². The van der Waals surface area contributed by atoms with Gasteiger partial charge < -0.3 is 15.7 Å². The Morgan fingerprint density at radius 3 is 2.76 bits per heavy atom. The lowest BCUT2D eigenvalue weighted by Crippen LogP contribution is -2.17. The molecule has 0 radical (unpaired) electrons. The van der Waals surface area contributed by atoms with Gasteiger partial charge in [-0.15, -0.1) is 0 Å². The molecule has 0 heterocycles. The molecular weight excluding hydrogens is 288 g/mol. The topological polar surface area (TPSA) is 61.4 Å². The molecule has 0 aromatic heterocycles. The molecule has 4 nitrogen and oxygen atoms in total. The van der Waals surface area contributed by atoms with E-state index in [1.165, 1.54) is 18.2 Å². The zero-order valence-corrected chi connectivity index (χ0v) is 12.4. The lowest BCUT2D eigenvalue weighted by molar-refractivity contribution is 0.102. The van der Waals surface area contributed by atoms with Crippen molar-refractivity contribution < 1.29 is 9.90 Å². The molecule has 1 amide bonds. The van der Waals surface area contributed by atoms with Crippen LogP contribution in [0.25, 0.3) is 0 Å². The normalized spacial score (nSPS) is 10.4. The zero-order chi connectivity index (χ0) is 15.2. The number of rotatable bonds is 5. The standard InChI is InChI=1S/C16H17ClN2O2/c1-2-18-10-11-5-3-4-6-15(11)19-16(21)13-9-12(20)7-8-14(13)17/h3-9,18,20H,2,10H2,1H3,(H,19,21). The van der Waals surface area contributed by atoms with Gasteiger partial charge in [-0.1, -0.05) is 36.7 Å². The van der Waals surface area contributed by atoms with Crippen LogP contribution < -0.4 is 10.6 Å². The number of anilines is 1. The number of nitrogens with one attached hydrogen (secondary N) is 2. The molecule has 5 heteroatoms. The summed E-state index contributed by atoms with van der Waals surface area (Å²) >= 11 is 6.00. The first-order valence-corrected chi connectivity index (χ1v) is 7.08. The van der Waals surface area contributed by atoms with E-state index in [0.717, 1.165) is 17.8 Å². The van der Waals surface area contributed by atoms with Crippen molar-refractivity contribution >= 4 is 23.2 Å². The highest BCUT2D eigenvalue weighted by molar-refractivity contribution is 6.34. The van der Waals surface area contributed by atoms with E-state index in [4.69, 9.17) is 11.6 Å². The summed E-state index contributed by atoms with van der Waals surface area (Å²) in [7, 11) is 0. The summed E-state index contributed by atoms with van der Waals surface area (Å²) in [6.45, 7) is 3.54. The molecule has 0 unspecified atom stereocenters. The van der Waals surface area contributed by atoms with Crippen LogP contribution in [0.2, 0.25) is 5.02 Å². The van der Waals surface area contributed by atoms with Crippen molar-refractivity contribution in [3.8, 4) is 5.75 Å². The van der Waals surface area contributed by atoms with E-state index in [1.54, 1.807) is 0 Å². The second-order valence-corrected chi connectivity index (χ2v) is 4.96. The molecule has 3 N–H and O–H groups in total. The number of hydrogen-bond acceptors (Lipinski definition) is 3. The van der Waals surface area contributed by atoms with Gasteiger partial charge in [0, 0.05) is 12.2 Å². The number of phenolic OH excluding ortho intramolecular Hbond substituents is 1. The molecule has 2 aromatic carbocycles. The van der Waals surface area contributed by atoms with Crippen LogP contribution >= 0.6 is 11.6 Å². The molecule has 0 saturated heterocycles. The molecule has 0 atom stereocenters. The maximum atomic E-state index is 12.3. The number of carbonyl (C=O) groups is 1. The van der Waals surface area contributed by atoms with Crippen molar-refractivity contribution in [2.45, 2.75) is 13.5 Å². The van der Waals surface area contributed by atoms with Crippen LogP contribution in [0.15, 0.2) is 42.5 Å². The van der Waals surface area contributed by atoms with Crippen LogP contribution in [0, 0.1) is 0 Å².